The standard InChI is InChI=1S/C11H21N3O2/c1-9(15)13(4)7-10(16)14-6-5-12-11(2,3)8-14/h12H,5-8H2,1-4H3. The lowest BCUT2D eigenvalue weighted by molar-refractivity contribution is -0.139. The smallest absolute Gasteiger partial charge is 0.242 e. The van der Waals surface area contributed by atoms with Crippen LogP contribution in [0.5, 0.6) is 0 Å². The highest BCUT2D eigenvalue weighted by Crippen LogP contribution is 2.10. The molecule has 1 heterocycles. The van der Waals surface area contributed by atoms with Crippen LogP contribution in [0.25, 0.3) is 0 Å². The molecule has 16 heavy (non-hydrogen) atoms. The fourth-order valence-corrected chi connectivity index (χ4v) is 1.77. The van der Waals surface area contributed by atoms with E-state index < -0.39 is 0 Å². The van der Waals surface area contributed by atoms with Gasteiger partial charge < -0.3 is 15.1 Å². The van der Waals surface area contributed by atoms with Crippen molar-refractivity contribution >= 4 is 11.8 Å². The number of hydrogen-bond donors (Lipinski definition) is 1. The van der Waals surface area contributed by atoms with Gasteiger partial charge in [0.1, 0.15) is 0 Å². The SMILES string of the molecule is CC(=O)N(C)CC(=O)N1CCNC(C)(C)C1. The Morgan fingerprint density at radius 3 is 2.56 bits per heavy atom. The van der Waals surface area contributed by atoms with Crippen molar-refractivity contribution in [2.24, 2.45) is 0 Å². The van der Waals surface area contributed by atoms with Gasteiger partial charge in [0.15, 0.2) is 0 Å². The molecule has 0 atom stereocenters. The van der Waals surface area contributed by atoms with E-state index in [1.165, 1.54) is 11.8 Å². The van der Waals surface area contributed by atoms with E-state index >= 15 is 0 Å². The number of hydrogen-bond acceptors (Lipinski definition) is 3. The number of amides is 2. The fourth-order valence-electron chi connectivity index (χ4n) is 1.77. The van der Waals surface area contributed by atoms with E-state index in [9.17, 15) is 9.59 Å². The molecule has 1 fully saturated rings. The van der Waals surface area contributed by atoms with Gasteiger partial charge in [-0.05, 0) is 13.8 Å². The molecule has 1 aliphatic rings. The topological polar surface area (TPSA) is 52.7 Å². The number of nitrogens with zero attached hydrogens (tertiary/aromatic N) is 2. The minimum atomic E-state index is -0.0808. The molecule has 1 N–H and O–H groups in total. The molecule has 0 aromatic heterocycles. The van der Waals surface area contributed by atoms with Gasteiger partial charge in [0.25, 0.3) is 0 Å². The summed E-state index contributed by atoms with van der Waals surface area (Å²) in [6, 6.07) is 0. The predicted octanol–water partition coefficient (Wildman–Crippen LogP) is -0.325. The van der Waals surface area contributed by atoms with E-state index in [2.05, 4.69) is 19.2 Å². The molecule has 0 aromatic carbocycles. The van der Waals surface area contributed by atoms with Crippen molar-refractivity contribution in [1.82, 2.24) is 15.1 Å². The first-order chi connectivity index (χ1) is 7.32. The number of nitrogens with one attached hydrogen (secondary N) is 1. The summed E-state index contributed by atoms with van der Waals surface area (Å²) in [5.74, 6) is -0.0602. The van der Waals surface area contributed by atoms with Crippen molar-refractivity contribution in [2.45, 2.75) is 26.3 Å². The zero-order valence-corrected chi connectivity index (χ0v) is 10.5. The number of carbonyl (C=O) groups is 2. The number of carbonyl (C=O) groups excluding carboxylic acids is 2. The van der Waals surface area contributed by atoms with Crippen LogP contribution in [0.3, 0.4) is 0 Å². The van der Waals surface area contributed by atoms with Crippen LogP contribution >= 0.6 is 0 Å². The van der Waals surface area contributed by atoms with Crippen molar-refractivity contribution in [1.29, 1.82) is 0 Å². The number of rotatable bonds is 2. The van der Waals surface area contributed by atoms with E-state index in [-0.39, 0.29) is 23.9 Å². The third-order valence-electron chi connectivity index (χ3n) is 2.83. The third-order valence-corrected chi connectivity index (χ3v) is 2.83. The van der Waals surface area contributed by atoms with Crippen molar-refractivity contribution in [3.63, 3.8) is 0 Å². The van der Waals surface area contributed by atoms with Gasteiger partial charge in [0, 0.05) is 39.1 Å². The second kappa shape index (κ2) is 4.82. The Labute approximate surface area is 96.8 Å². The minimum Gasteiger partial charge on any atom is -0.338 e. The molecular formula is C11H21N3O2. The molecule has 1 rings (SSSR count). The Kier molecular flexibility index (Phi) is 3.91. The van der Waals surface area contributed by atoms with E-state index in [1.54, 1.807) is 7.05 Å². The molecule has 0 spiro atoms. The highest BCUT2D eigenvalue weighted by Gasteiger charge is 2.28. The summed E-state index contributed by atoms with van der Waals surface area (Å²) in [6.07, 6.45) is 0. The van der Waals surface area contributed by atoms with E-state index in [0.717, 1.165) is 6.54 Å². The Morgan fingerprint density at radius 2 is 2.06 bits per heavy atom. The fraction of sp³-hybridized carbons (Fsp3) is 0.818. The van der Waals surface area contributed by atoms with Crippen LogP contribution in [0.4, 0.5) is 0 Å². The molecule has 1 saturated heterocycles. The Hall–Kier alpha value is -1.10. The van der Waals surface area contributed by atoms with Crippen LogP contribution in [-0.2, 0) is 9.59 Å². The first-order valence-corrected chi connectivity index (χ1v) is 5.56. The maximum absolute atomic E-state index is 11.9. The molecule has 0 unspecified atom stereocenters. The molecule has 5 heteroatoms. The largest absolute Gasteiger partial charge is 0.338 e. The van der Waals surface area contributed by atoms with Gasteiger partial charge in [-0.2, -0.15) is 0 Å². The van der Waals surface area contributed by atoms with E-state index in [1.807, 2.05) is 4.90 Å². The average Bonchev–Trinajstić information content (AvgIpc) is 2.15. The van der Waals surface area contributed by atoms with Gasteiger partial charge in [-0.25, -0.2) is 0 Å². The summed E-state index contributed by atoms with van der Waals surface area (Å²) in [6.45, 7) is 8.00. The molecule has 1 aliphatic heterocycles. The first-order valence-electron chi connectivity index (χ1n) is 5.56. The van der Waals surface area contributed by atoms with Crippen LogP contribution < -0.4 is 5.32 Å². The van der Waals surface area contributed by atoms with Gasteiger partial charge in [-0.3, -0.25) is 9.59 Å². The van der Waals surface area contributed by atoms with Gasteiger partial charge in [-0.1, -0.05) is 0 Å². The molecule has 92 valence electrons. The maximum atomic E-state index is 11.9. The lowest BCUT2D eigenvalue weighted by atomic mass is 10.0. The molecule has 0 radical (unpaired) electrons. The van der Waals surface area contributed by atoms with Crippen LogP contribution in [0, 0.1) is 0 Å². The van der Waals surface area contributed by atoms with Gasteiger partial charge in [-0.15, -0.1) is 0 Å². The zero-order valence-electron chi connectivity index (χ0n) is 10.5. The first kappa shape index (κ1) is 13.0. The monoisotopic (exact) mass is 227 g/mol. The van der Waals surface area contributed by atoms with Crippen LogP contribution in [-0.4, -0.2) is 60.4 Å². The van der Waals surface area contributed by atoms with Crippen molar-refractivity contribution in [3.05, 3.63) is 0 Å². The summed E-state index contributed by atoms with van der Waals surface area (Å²) < 4.78 is 0. The lowest BCUT2D eigenvalue weighted by Gasteiger charge is -2.39. The summed E-state index contributed by atoms with van der Waals surface area (Å²) in [5, 5.41) is 3.34. The molecule has 0 aliphatic carbocycles. The third kappa shape index (κ3) is 3.48. The molecule has 0 bridgehead atoms. The molecule has 2 amide bonds. The summed E-state index contributed by atoms with van der Waals surface area (Å²) >= 11 is 0. The quantitative estimate of drug-likeness (QED) is 0.703. The zero-order chi connectivity index (χ0) is 12.3. The van der Waals surface area contributed by atoms with Crippen LogP contribution in [0.1, 0.15) is 20.8 Å². The maximum Gasteiger partial charge on any atom is 0.242 e. The van der Waals surface area contributed by atoms with Crippen LogP contribution in [0.15, 0.2) is 0 Å². The number of piperazine rings is 1. The summed E-state index contributed by atoms with van der Waals surface area (Å²) in [4.78, 5) is 26.2. The second-order valence-electron chi connectivity index (χ2n) is 5.00. The Morgan fingerprint density at radius 1 is 1.44 bits per heavy atom. The number of likely N-dealkylation sites (N-methyl/N-ethyl adjacent to an activating group) is 1. The van der Waals surface area contributed by atoms with Crippen molar-refractivity contribution in [3.8, 4) is 0 Å². The van der Waals surface area contributed by atoms with Crippen molar-refractivity contribution < 1.29 is 9.59 Å². The van der Waals surface area contributed by atoms with Gasteiger partial charge in [0.2, 0.25) is 11.8 Å². The minimum absolute atomic E-state index is 0.0206. The molecular weight excluding hydrogens is 206 g/mol. The average molecular weight is 227 g/mol. The molecule has 0 saturated carbocycles. The van der Waals surface area contributed by atoms with Crippen molar-refractivity contribution in [2.75, 3.05) is 33.2 Å². The summed E-state index contributed by atoms with van der Waals surface area (Å²) in [7, 11) is 1.65. The Balaban J connectivity index is 2.51. The second-order valence-corrected chi connectivity index (χ2v) is 5.00. The van der Waals surface area contributed by atoms with Gasteiger partial charge in [0.05, 0.1) is 6.54 Å². The highest BCUT2D eigenvalue weighted by molar-refractivity contribution is 5.83. The van der Waals surface area contributed by atoms with Crippen LogP contribution in [0.2, 0.25) is 0 Å². The van der Waals surface area contributed by atoms with E-state index in [0.29, 0.717) is 13.1 Å². The molecule has 5 nitrogen and oxygen atoms in total. The molecule has 0 aromatic rings. The lowest BCUT2D eigenvalue weighted by Crippen LogP contribution is -2.59. The highest BCUT2D eigenvalue weighted by atomic mass is 16.2. The van der Waals surface area contributed by atoms with Gasteiger partial charge >= 0.3 is 0 Å². The predicted molar refractivity (Wildman–Crippen MR) is 62.0 cm³/mol. The summed E-state index contributed by atoms with van der Waals surface area (Å²) in [5.41, 5.74) is -0.0390. The Bertz CT molecular complexity index is 289. The van der Waals surface area contributed by atoms with E-state index in [4.69, 9.17) is 0 Å². The normalized spacial score (nSPS) is 19.4.